The average Bonchev–Trinajstić information content (AvgIpc) is 3.24. The van der Waals surface area contributed by atoms with Crippen LogP contribution in [-0.2, 0) is 5.75 Å². The zero-order valence-corrected chi connectivity index (χ0v) is 17.7. The van der Waals surface area contributed by atoms with Gasteiger partial charge in [0.05, 0.1) is 0 Å². The first-order valence-corrected chi connectivity index (χ1v) is 10.8. The maximum Gasteiger partial charge on any atom is 0.253 e. The molecular formula is C22H28ClN3OS. The molecule has 1 unspecified atom stereocenters. The van der Waals surface area contributed by atoms with Crippen LogP contribution in [0.4, 0.5) is 0 Å². The van der Waals surface area contributed by atoms with Gasteiger partial charge in [0.25, 0.3) is 5.91 Å². The Morgan fingerprint density at radius 1 is 1.00 bits per heavy atom. The van der Waals surface area contributed by atoms with Gasteiger partial charge in [-0.1, -0.05) is 30.3 Å². The van der Waals surface area contributed by atoms with Crippen molar-refractivity contribution >= 4 is 30.1 Å². The number of likely N-dealkylation sites (tertiary alicyclic amines) is 1. The number of nitrogens with one attached hydrogen (secondary N) is 1. The molecule has 2 aromatic rings. The van der Waals surface area contributed by atoms with Gasteiger partial charge in [-0.3, -0.25) is 9.69 Å². The van der Waals surface area contributed by atoms with Crippen molar-refractivity contribution in [2.24, 2.45) is 0 Å². The average molecular weight is 418 g/mol. The lowest BCUT2D eigenvalue weighted by atomic mass is 10.1. The van der Waals surface area contributed by atoms with Crippen LogP contribution in [-0.4, -0.2) is 61.0 Å². The molecule has 28 heavy (non-hydrogen) atoms. The normalized spacial score (nSPS) is 20.0. The zero-order valence-electron chi connectivity index (χ0n) is 16.0. The number of halogens is 1. The second kappa shape index (κ2) is 10.3. The van der Waals surface area contributed by atoms with E-state index in [1.165, 1.54) is 10.5 Å². The molecule has 150 valence electrons. The van der Waals surface area contributed by atoms with Gasteiger partial charge in [0.1, 0.15) is 0 Å². The number of amides is 1. The lowest BCUT2D eigenvalue weighted by Gasteiger charge is -2.32. The predicted molar refractivity (Wildman–Crippen MR) is 118 cm³/mol. The number of hydrogen-bond donors (Lipinski definition) is 1. The van der Waals surface area contributed by atoms with Gasteiger partial charge in [-0.2, -0.15) is 0 Å². The van der Waals surface area contributed by atoms with E-state index in [1.54, 1.807) is 0 Å². The molecule has 0 aliphatic carbocycles. The number of benzene rings is 2. The molecule has 2 aliphatic heterocycles. The molecule has 2 aromatic carbocycles. The van der Waals surface area contributed by atoms with Crippen LogP contribution in [0.2, 0.25) is 0 Å². The summed E-state index contributed by atoms with van der Waals surface area (Å²) in [5, 5.41) is 3.40. The smallest absolute Gasteiger partial charge is 0.253 e. The summed E-state index contributed by atoms with van der Waals surface area (Å²) in [5.41, 5.74) is 2.06. The van der Waals surface area contributed by atoms with E-state index >= 15 is 0 Å². The van der Waals surface area contributed by atoms with Gasteiger partial charge < -0.3 is 10.2 Å². The number of piperazine rings is 1. The quantitative estimate of drug-likeness (QED) is 0.755. The third-order valence-electron chi connectivity index (χ3n) is 5.47. The maximum absolute atomic E-state index is 12.9. The van der Waals surface area contributed by atoms with Crippen molar-refractivity contribution in [2.75, 3.05) is 39.3 Å². The largest absolute Gasteiger partial charge is 0.337 e. The van der Waals surface area contributed by atoms with Gasteiger partial charge >= 0.3 is 0 Å². The minimum atomic E-state index is 0. The van der Waals surface area contributed by atoms with Crippen molar-refractivity contribution in [1.82, 2.24) is 15.1 Å². The summed E-state index contributed by atoms with van der Waals surface area (Å²) in [7, 11) is 0. The number of nitrogens with zero attached hydrogens (tertiary/aromatic N) is 2. The van der Waals surface area contributed by atoms with Crippen LogP contribution < -0.4 is 5.32 Å². The molecule has 0 bridgehead atoms. The minimum Gasteiger partial charge on any atom is -0.337 e. The van der Waals surface area contributed by atoms with E-state index in [-0.39, 0.29) is 18.3 Å². The second-order valence-electron chi connectivity index (χ2n) is 7.28. The molecular weight excluding hydrogens is 390 g/mol. The van der Waals surface area contributed by atoms with Crippen molar-refractivity contribution in [3.8, 4) is 0 Å². The lowest BCUT2D eigenvalue weighted by Crippen LogP contribution is -2.49. The summed E-state index contributed by atoms with van der Waals surface area (Å²) in [6, 6.07) is 19.1. The summed E-state index contributed by atoms with van der Waals surface area (Å²) in [5.74, 6) is 1.10. The summed E-state index contributed by atoms with van der Waals surface area (Å²) >= 11 is 1.82. The monoisotopic (exact) mass is 417 g/mol. The molecule has 0 radical (unpaired) electrons. The van der Waals surface area contributed by atoms with Gasteiger partial charge in [0, 0.05) is 61.5 Å². The highest BCUT2D eigenvalue weighted by Gasteiger charge is 2.31. The van der Waals surface area contributed by atoms with Crippen LogP contribution >= 0.6 is 24.2 Å². The van der Waals surface area contributed by atoms with Gasteiger partial charge in [-0.15, -0.1) is 24.2 Å². The van der Waals surface area contributed by atoms with Crippen LogP contribution in [0.25, 0.3) is 0 Å². The Balaban J connectivity index is 0.00000225. The van der Waals surface area contributed by atoms with E-state index in [0.717, 1.165) is 57.0 Å². The highest BCUT2D eigenvalue weighted by molar-refractivity contribution is 7.98. The highest BCUT2D eigenvalue weighted by Crippen LogP contribution is 2.23. The van der Waals surface area contributed by atoms with E-state index < -0.39 is 0 Å². The van der Waals surface area contributed by atoms with Crippen LogP contribution in [0.5, 0.6) is 0 Å². The van der Waals surface area contributed by atoms with Crippen molar-refractivity contribution in [3.05, 3.63) is 65.7 Å². The molecule has 4 nitrogen and oxygen atoms in total. The zero-order chi connectivity index (χ0) is 18.5. The van der Waals surface area contributed by atoms with Crippen LogP contribution in [0.3, 0.4) is 0 Å². The SMILES string of the molecule is Cl.O=C(c1ccc(CSc2ccccc2)cc1)N1CCC(N2CCNCC2)C1. The van der Waals surface area contributed by atoms with E-state index in [1.807, 2.05) is 34.9 Å². The first kappa shape index (κ1) is 21.2. The Hall–Kier alpha value is -1.53. The topological polar surface area (TPSA) is 35.6 Å². The fraction of sp³-hybridized carbons (Fsp3) is 0.409. The van der Waals surface area contributed by atoms with Gasteiger partial charge in [-0.05, 0) is 36.2 Å². The Morgan fingerprint density at radius 3 is 2.43 bits per heavy atom. The number of thioether (sulfide) groups is 1. The molecule has 6 heteroatoms. The molecule has 0 spiro atoms. The van der Waals surface area contributed by atoms with Crippen LogP contribution in [0.1, 0.15) is 22.3 Å². The Labute approximate surface area is 178 Å². The molecule has 1 atom stereocenters. The first-order valence-electron chi connectivity index (χ1n) is 9.80. The van der Waals surface area contributed by atoms with E-state index in [0.29, 0.717) is 6.04 Å². The van der Waals surface area contributed by atoms with Gasteiger partial charge in [-0.25, -0.2) is 0 Å². The molecule has 1 amide bonds. The summed E-state index contributed by atoms with van der Waals surface area (Å²) in [6.07, 6.45) is 1.09. The fourth-order valence-corrected chi connectivity index (χ4v) is 4.76. The molecule has 4 rings (SSSR count). The fourth-order valence-electron chi connectivity index (χ4n) is 3.88. The highest BCUT2D eigenvalue weighted by atomic mass is 35.5. The standard InChI is InChI=1S/C22H27N3OS.ClH/c26-22(25-13-10-20(16-25)24-14-11-23-12-15-24)19-8-6-18(7-9-19)17-27-21-4-2-1-3-5-21;/h1-9,20,23H,10-17H2;1H. The Kier molecular flexibility index (Phi) is 7.80. The van der Waals surface area contributed by atoms with Crippen molar-refractivity contribution < 1.29 is 4.79 Å². The maximum atomic E-state index is 12.9. The Bertz CT molecular complexity index is 750. The molecule has 2 saturated heterocycles. The van der Waals surface area contributed by atoms with Gasteiger partial charge in [0.2, 0.25) is 0 Å². The molecule has 1 N–H and O–H groups in total. The summed E-state index contributed by atoms with van der Waals surface area (Å²) in [4.78, 5) is 18.7. The number of carbonyl (C=O) groups excluding carboxylic acids is 1. The second-order valence-corrected chi connectivity index (χ2v) is 8.33. The predicted octanol–water partition coefficient (Wildman–Crippen LogP) is 3.52. The number of carbonyl (C=O) groups is 1. The van der Waals surface area contributed by atoms with E-state index in [2.05, 4.69) is 46.6 Å². The van der Waals surface area contributed by atoms with E-state index in [4.69, 9.17) is 0 Å². The van der Waals surface area contributed by atoms with E-state index in [9.17, 15) is 4.79 Å². The third-order valence-corrected chi connectivity index (χ3v) is 6.55. The van der Waals surface area contributed by atoms with Crippen LogP contribution in [0, 0.1) is 0 Å². The summed E-state index contributed by atoms with van der Waals surface area (Å²) < 4.78 is 0. The molecule has 0 saturated carbocycles. The van der Waals surface area contributed by atoms with Crippen molar-refractivity contribution in [1.29, 1.82) is 0 Å². The molecule has 2 heterocycles. The minimum absolute atomic E-state index is 0. The summed E-state index contributed by atoms with van der Waals surface area (Å²) in [6.45, 7) is 6.06. The first-order chi connectivity index (χ1) is 13.3. The molecule has 0 aromatic heterocycles. The Morgan fingerprint density at radius 2 is 1.71 bits per heavy atom. The lowest BCUT2D eigenvalue weighted by molar-refractivity contribution is 0.0773. The molecule has 2 aliphatic rings. The molecule has 2 fully saturated rings. The third kappa shape index (κ3) is 5.29. The number of rotatable bonds is 5. The van der Waals surface area contributed by atoms with Gasteiger partial charge in [0.15, 0.2) is 0 Å². The van der Waals surface area contributed by atoms with Crippen molar-refractivity contribution in [3.63, 3.8) is 0 Å². The van der Waals surface area contributed by atoms with Crippen molar-refractivity contribution in [2.45, 2.75) is 23.1 Å². The number of hydrogen-bond acceptors (Lipinski definition) is 4. The van der Waals surface area contributed by atoms with Crippen LogP contribution in [0.15, 0.2) is 59.5 Å².